The number of halogens is 1. The zero-order chi connectivity index (χ0) is 15.5. The number of esters is 1. The molecule has 0 saturated heterocycles. The first-order chi connectivity index (χ1) is 10.7. The lowest BCUT2D eigenvalue weighted by molar-refractivity contribution is 0.0600. The van der Waals surface area contributed by atoms with Gasteiger partial charge in [0.1, 0.15) is 23.8 Å². The van der Waals surface area contributed by atoms with Crippen LogP contribution in [0.3, 0.4) is 0 Å². The third-order valence-corrected chi connectivity index (χ3v) is 3.20. The van der Waals surface area contributed by atoms with E-state index in [1.165, 1.54) is 19.2 Å². The van der Waals surface area contributed by atoms with Crippen molar-refractivity contribution in [3.63, 3.8) is 0 Å². The molecule has 0 aliphatic heterocycles. The van der Waals surface area contributed by atoms with Gasteiger partial charge in [0.05, 0.1) is 24.6 Å². The lowest BCUT2D eigenvalue weighted by Gasteiger charge is -2.07. The summed E-state index contributed by atoms with van der Waals surface area (Å²) in [6, 6.07) is 9.15. The SMILES string of the molecule is COC(=O)c1ccc2ncc(COc3ccc(F)cc3)n2c1. The first-order valence-corrected chi connectivity index (χ1v) is 6.60. The molecule has 0 fully saturated rings. The smallest absolute Gasteiger partial charge is 0.339 e. The number of hydrogen-bond acceptors (Lipinski definition) is 4. The Morgan fingerprint density at radius 2 is 2.00 bits per heavy atom. The van der Waals surface area contributed by atoms with Crippen molar-refractivity contribution in [2.45, 2.75) is 6.61 Å². The molecule has 2 aromatic heterocycles. The normalized spacial score (nSPS) is 10.6. The number of pyridine rings is 1. The first kappa shape index (κ1) is 14.1. The van der Waals surface area contributed by atoms with Gasteiger partial charge in [0.2, 0.25) is 0 Å². The molecule has 0 spiro atoms. The Morgan fingerprint density at radius 3 is 2.73 bits per heavy atom. The average Bonchev–Trinajstić information content (AvgIpc) is 2.96. The molecule has 2 heterocycles. The molecule has 3 aromatic rings. The van der Waals surface area contributed by atoms with Crippen LogP contribution in [-0.2, 0) is 11.3 Å². The Morgan fingerprint density at radius 1 is 1.23 bits per heavy atom. The quantitative estimate of drug-likeness (QED) is 0.695. The Hall–Kier alpha value is -2.89. The van der Waals surface area contributed by atoms with E-state index < -0.39 is 5.97 Å². The summed E-state index contributed by atoms with van der Waals surface area (Å²) in [5, 5.41) is 0. The molecule has 22 heavy (non-hydrogen) atoms. The van der Waals surface area contributed by atoms with E-state index >= 15 is 0 Å². The van der Waals surface area contributed by atoms with E-state index in [4.69, 9.17) is 9.47 Å². The van der Waals surface area contributed by atoms with E-state index in [1.54, 1.807) is 41.1 Å². The number of hydrogen-bond donors (Lipinski definition) is 0. The monoisotopic (exact) mass is 300 g/mol. The predicted octanol–water partition coefficient (Wildman–Crippen LogP) is 2.84. The molecule has 112 valence electrons. The predicted molar refractivity (Wildman–Crippen MR) is 77.3 cm³/mol. The van der Waals surface area contributed by atoms with Crippen LogP contribution in [0, 0.1) is 5.82 Å². The fourth-order valence-electron chi connectivity index (χ4n) is 2.06. The molecule has 0 aliphatic rings. The number of fused-ring (bicyclic) bond motifs is 1. The summed E-state index contributed by atoms with van der Waals surface area (Å²) in [4.78, 5) is 15.8. The molecule has 3 rings (SSSR count). The van der Waals surface area contributed by atoms with Crippen LogP contribution in [0.15, 0.2) is 48.8 Å². The van der Waals surface area contributed by atoms with Crippen LogP contribution < -0.4 is 4.74 Å². The summed E-state index contributed by atoms with van der Waals surface area (Å²) in [5.74, 6) is -0.175. The second-order valence-electron chi connectivity index (χ2n) is 4.63. The van der Waals surface area contributed by atoms with Gasteiger partial charge in [-0.15, -0.1) is 0 Å². The van der Waals surface area contributed by atoms with Gasteiger partial charge in [-0.1, -0.05) is 0 Å². The van der Waals surface area contributed by atoms with Gasteiger partial charge >= 0.3 is 5.97 Å². The number of benzene rings is 1. The molecular weight excluding hydrogens is 287 g/mol. The van der Waals surface area contributed by atoms with Crippen molar-refractivity contribution in [1.29, 1.82) is 0 Å². The zero-order valence-electron chi connectivity index (χ0n) is 11.8. The van der Waals surface area contributed by atoms with Crippen LogP contribution in [0.1, 0.15) is 16.1 Å². The lowest BCUT2D eigenvalue weighted by Crippen LogP contribution is -2.05. The highest BCUT2D eigenvalue weighted by atomic mass is 19.1. The second kappa shape index (κ2) is 5.85. The number of carbonyl (C=O) groups excluding carboxylic acids is 1. The fraction of sp³-hybridized carbons (Fsp3) is 0.125. The molecule has 0 unspecified atom stereocenters. The van der Waals surface area contributed by atoms with E-state index in [0.717, 1.165) is 5.69 Å². The largest absolute Gasteiger partial charge is 0.487 e. The summed E-state index contributed by atoms with van der Waals surface area (Å²) < 4.78 is 24.9. The van der Waals surface area contributed by atoms with E-state index in [-0.39, 0.29) is 12.4 Å². The van der Waals surface area contributed by atoms with Crippen LogP contribution in [-0.4, -0.2) is 22.5 Å². The number of imidazole rings is 1. The van der Waals surface area contributed by atoms with Crippen LogP contribution in [0.4, 0.5) is 4.39 Å². The maximum absolute atomic E-state index is 12.8. The van der Waals surface area contributed by atoms with Gasteiger partial charge in [-0.2, -0.15) is 0 Å². The number of aromatic nitrogens is 2. The third kappa shape index (κ3) is 2.76. The van der Waals surface area contributed by atoms with Crippen molar-refractivity contribution in [2.75, 3.05) is 7.11 Å². The molecule has 1 aromatic carbocycles. The Labute approximate surface area is 125 Å². The molecule has 0 saturated carbocycles. The van der Waals surface area contributed by atoms with Crippen molar-refractivity contribution < 1.29 is 18.7 Å². The number of ether oxygens (including phenoxy) is 2. The molecule has 0 atom stereocenters. The number of methoxy groups -OCH3 is 1. The molecular formula is C16H13FN2O3. The van der Waals surface area contributed by atoms with Crippen LogP contribution in [0.2, 0.25) is 0 Å². The third-order valence-electron chi connectivity index (χ3n) is 3.20. The summed E-state index contributed by atoms with van der Waals surface area (Å²) >= 11 is 0. The summed E-state index contributed by atoms with van der Waals surface area (Å²) in [7, 11) is 1.33. The highest BCUT2D eigenvalue weighted by Crippen LogP contribution is 2.15. The molecule has 5 nitrogen and oxygen atoms in total. The summed E-state index contributed by atoms with van der Waals surface area (Å²) in [6.45, 7) is 0.247. The van der Waals surface area contributed by atoms with E-state index in [0.29, 0.717) is 17.0 Å². The van der Waals surface area contributed by atoms with Crippen molar-refractivity contribution in [1.82, 2.24) is 9.38 Å². The molecule has 0 radical (unpaired) electrons. The molecule has 0 aliphatic carbocycles. The standard InChI is InChI=1S/C16H13FN2O3/c1-21-16(20)11-2-7-15-18-8-13(19(15)9-11)10-22-14-5-3-12(17)4-6-14/h2-9H,10H2,1H3. The minimum absolute atomic E-state index is 0.247. The Balaban J connectivity index is 1.84. The second-order valence-corrected chi connectivity index (χ2v) is 4.63. The van der Waals surface area contributed by atoms with Crippen molar-refractivity contribution in [2.24, 2.45) is 0 Å². The Kier molecular flexibility index (Phi) is 3.74. The van der Waals surface area contributed by atoms with Gasteiger partial charge in [0.25, 0.3) is 0 Å². The molecule has 0 bridgehead atoms. The summed E-state index contributed by atoms with van der Waals surface area (Å²) in [5.41, 5.74) is 1.89. The van der Waals surface area contributed by atoms with Crippen molar-refractivity contribution in [3.05, 3.63) is 65.9 Å². The highest BCUT2D eigenvalue weighted by molar-refractivity contribution is 5.89. The van der Waals surface area contributed by atoms with E-state index in [2.05, 4.69) is 4.98 Å². The maximum atomic E-state index is 12.8. The molecule has 0 N–H and O–H groups in total. The van der Waals surface area contributed by atoms with Crippen LogP contribution >= 0.6 is 0 Å². The van der Waals surface area contributed by atoms with Gasteiger partial charge in [-0.3, -0.25) is 4.40 Å². The zero-order valence-corrected chi connectivity index (χ0v) is 11.8. The van der Waals surface area contributed by atoms with Crippen molar-refractivity contribution >= 4 is 11.6 Å². The molecule has 0 amide bonds. The number of carbonyl (C=O) groups is 1. The van der Waals surface area contributed by atoms with Gasteiger partial charge in [-0.05, 0) is 36.4 Å². The van der Waals surface area contributed by atoms with E-state index in [9.17, 15) is 9.18 Å². The van der Waals surface area contributed by atoms with Crippen LogP contribution in [0.25, 0.3) is 5.65 Å². The lowest BCUT2D eigenvalue weighted by atomic mass is 10.3. The average molecular weight is 300 g/mol. The van der Waals surface area contributed by atoms with Crippen LogP contribution in [0.5, 0.6) is 5.75 Å². The minimum Gasteiger partial charge on any atom is -0.487 e. The first-order valence-electron chi connectivity index (χ1n) is 6.60. The maximum Gasteiger partial charge on any atom is 0.339 e. The van der Waals surface area contributed by atoms with Gasteiger partial charge < -0.3 is 9.47 Å². The highest BCUT2D eigenvalue weighted by Gasteiger charge is 2.09. The Bertz CT molecular complexity index is 812. The minimum atomic E-state index is -0.416. The fourth-order valence-corrected chi connectivity index (χ4v) is 2.06. The molecule has 6 heteroatoms. The van der Waals surface area contributed by atoms with E-state index in [1.807, 2.05) is 0 Å². The number of nitrogens with zero attached hydrogens (tertiary/aromatic N) is 2. The van der Waals surface area contributed by atoms with Gasteiger partial charge in [-0.25, -0.2) is 14.2 Å². The topological polar surface area (TPSA) is 52.8 Å². The van der Waals surface area contributed by atoms with Gasteiger partial charge in [0.15, 0.2) is 0 Å². The van der Waals surface area contributed by atoms with Crippen molar-refractivity contribution in [3.8, 4) is 5.75 Å². The van der Waals surface area contributed by atoms with Gasteiger partial charge in [0, 0.05) is 6.20 Å². The summed E-state index contributed by atoms with van der Waals surface area (Å²) in [6.07, 6.45) is 3.32. The number of rotatable bonds is 4.